The van der Waals surface area contributed by atoms with Crippen LogP contribution in [0.15, 0.2) is 48.6 Å². The molecule has 2 aromatic carbocycles. The minimum absolute atomic E-state index is 0.0477. The number of carbonyl (C=O) groups excluding carboxylic acids is 1. The van der Waals surface area contributed by atoms with Gasteiger partial charge in [-0.15, -0.1) is 6.58 Å². The van der Waals surface area contributed by atoms with Crippen LogP contribution < -0.4 is 14.8 Å². The van der Waals surface area contributed by atoms with Crippen molar-refractivity contribution in [1.82, 2.24) is 0 Å². The first kappa shape index (κ1) is 21.1. The molecule has 0 bridgehead atoms. The molecule has 6 heteroatoms. The molecule has 0 fully saturated rings. The van der Waals surface area contributed by atoms with E-state index in [1.807, 2.05) is 19.1 Å². The second kappa shape index (κ2) is 9.63. The second-order valence-electron chi connectivity index (χ2n) is 6.00. The van der Waals surface area contributed by atoms with E-state index in [1.165, 1.54) is 13.2 Å². The number of hydrogen-bond acceptors (Lipinski definition) is 4. The van der Waals surface area contributed by atoms with Crippen LogP contribution in [0.4, 0.5) is 5.69 Å². The molecule has 1 amide bonds. The van der Waals surface area contributed by atoms with Crippen molar-refractivity contribution < 1.29 is 14.3 Å². The Kier molecular flexibility index (Phi) is 7.25. The Labute approximate surface area is 169 Å². The average molecular weight is 397 g/mol. The van der Waals surface area contributed by atoms with Crippen molar-refractivity contribution in [2.24, 2.45) is 0 Å². The Bertz CT molecular complexity index is 974. The maximum Gasteiger partial charge on any atom is 0.266 e. The average Bonchev–Trinajstić information content (AvgIpc) is 2.68. The van der Waals surface area contributed by atoms with E-state index in [9.17, 15) is 10.1 Å². The lowest BCUT2D eigenvalue weighted by atomic mass is 10.0. The maximum absolute atomic E-state index is 12.5. The van der Waals surface area contributed by atoms with Crippen molar-refractivity contribution >= 4 is 29.3 Å². The summed E-state index contributed by atoms with van der Waals surface area (Å²) in [5.74, 6) is 0.579. The third kappa shape index (κ3) is 4.93. The fourth-order valence-electron chi connectivity index (χ4n) is 2.64. The molecule has 0 saturated carbocycles. The quantitative estimate of drug-likeness (QED) is 0.408. The van der Waals surface area contributed by atoms with Gasteiger partial charge in [0.15, 0.2) is 11.5 Å². The molecule has 0 radical (unpaired) electrons. The predicted octanol–water partition coefficient (Wildman–Crippen LogP) is 4.94. The molecule has 0 aliphatic rings. The molecule has 5 nitrogen and oxygen atoms in total. The summed E-state index contributed by atoms with van der Waals surface area (Å²) >= 11 is 6.08. The molecular formula is C22H21ClN2O3. The lowest BCUT2D eigenvalue weighted by molar-refractivity contribution is -0.112. The molecule has 0 aliphatic carbocycles. The highest BCUT2D eigenvalue weighted by molar-refractivity contribution is 6.31. The Morgan fingerprint density at radius 1 is 1.29 bits per heavy atom. The number of amides is 1. The van der Waals surface area contributed by atoms with Gasteiger partial charge >= 0.3 is 0 Å². The first-order valence-electron chi connectivity index (χ1n) is 8.48. The number of rotatable bonds is 7. The number of nitrogens with zero attached hydrogens (tertiary/aromatic N) is 1. The van der Waals surface area contributed by atoms with Gasteiger partial charge in [0.25, 0.3) is 5.91 Å². The zero-order valence-electron chi connectivity index (χ0n) is 16.0. The molecule has 2 rings (SSSR count). The number of ether oxygens (including phenoxy) is 2. The molecule has 0 saturated heterocycles. The van der Waals surface area contributed by atoms with Crippen molar-refractivity contribution in [2.45, 2.75) is 13.3 Å². The van der Waals surface area contributed by atoms with Gasteiger partial charge in [-0.2, -0.15) is 5.26 Å². The van der Waals surface area contributed by atoms with Crippen molar-refractivity contribution in [1.29, 1.82) is 5.26 Å². The molecule has 0 aromatic heterocycles. The summed E-state index contributed by atoms with van der Waals surface area (Å²) in [6.45, 7) is 5.61. The SMILES string of the molecule is C=CCc1cc(/C=C(/C#N)C(=O)Nc2ccc(C)c(Cl)c2)cc(OC)c1OC. The molecular weight excluding hydrogens is 376 g/mol. The van der Waals surface area contributed by atoms with Gasteiger partial charge in [0.2, 0.25) is 0 Å². The van der Waals surface area contributed by atoms with Crippen LogP contribution in [0.1, 0.15) is 16.7 Å². The summed E-state index contributed by atoms with van der Waals surface area (Å²) < 4.78 is 10.8. The van der Waals surface area contributed by atoms with Crippen LogP contribution in [-0.4, -0.2) is 20.1 Å². The van der Waals surface area contributed by atoms with E-state index < -0.39 is 5.91 Å². The summed E-state index contributed by atoms with van der Waals surface area (Å²) in [5, 5.41) is 12.7. The van der Waals surface area contributed by atoms with Gasteiger partial charge in [0, 0.05) is 16.3 Å². The van der Waals surface area contributed by atoms with E-state index in [2.05, 4.69) is 11.9 Å². The standard InChI is InChI=1S/C22H21ClN2O3/c1-5-6-16-9-15(11-20(27-3)21(16)28-4)10-17(13-24)22(26)25-18-8-7-14(2)19(23)12-18/h5,7-12H,1,6H2,2-4H3,(H,25,26)/b17-10-. The van der Waals surface area contributed by atoms with E-state index in [4.69, 9.17) is 21.1 Å². The summed E-state index contributed by atoms with van der Waals surface area (Å²) in [7, 11) is 3.09. The molecule has 0 atom stereocenters. The number of methoxy groups -OCH3 is 2. The number of carbonyl (C=O) groups is 1. The van der Waals surface area contributed by atoms with Crippen LogP contribution in [0.25, 0.3) is 6.08 Å². The summed E-state index contributed by atoms with van der Waals surface area (Å²) in [6, 6.07) is 10.6. The normalized spacial score (nSPS) is 10.8. The Balaban J connectivity index is 2.38. The van der Waals surface area contributed by atoms with Crippen LogP contribution in [0.5, 0.6) is 11.5 Å². The highest BCUT2D eigenvalue weighted by Gasteiger charge is 2.14. The molecule has 0 unspecified atom stereocenters. The Morgan fingerprint density at radius 2 is 2.04 bits per heavy atom. The summed E-state index contributed by atoms with van der Waals surface area (Å²) in [5.41, 5.74) is 2.85. The van der Waals surface area contributed by atoms with Gasteiger partial charge in [-0.05, 0) is 54.8 Å². The van der Waals surface area contributed by atoms with E-state index in [0.717, 1.165) is 11.1 Å². The van der Waals surface area contributed by atoms with Gasteiger partial charge in [-0.25, -0.2) is 0 Å². The fraction of sp³-hybridized carbons (Fsp3) is 0.182. The number of benzene rings is 2. The number of nitrogens with one attached hydrogen (secondary N) is 1. The minimum Gasteiger partial charge on any atom is -0.493 e. The van der Waals surface area contributed by atoms with Gasteiger partial charge in [0.1, 0.15) is 11.6 Å². The minimum atomic E-state index is -0.525. The fourth-order valence-corrected chi connectivity index (χ4v) is 2.82. The zero-order chi connectivity index (χ0) is 20.7. The second-order valence-corrected chi connectivity index (χ2v) is 6.40. The molecule has 2 aromatic rings. The van der Waals surface area contributed by atoms with Gasteiger partial charge < -0.3 is 14.8 Å². The Morgan fingerprint density at radius 3 is 2.61 bits per heavy atom. The smallest absolute Gasteiger partial charge is 0.266 e. The number of halogens is 1. The summed E-state index contributed by atoms with van der Waals surface area (Å²) in [6.07, 6.45) is 3.79. The van der Waals surface area contributed by atoms with Crippen molar-refractivity contribution in [3.05, 3.63) is 70.3 Å². The van der Waals surface area contributed by atoms with E-state index in [0.29, 0.717) is 34.2 Å². The number of aryl methyl sites for hydroxylation is 1. The predicted molar refractivity (Wildman–Crippen MR) is 112 cm³/mol. The largest absolute Gasteiger partial charge is 0.493 e. The number of nitriles is 1. The Hall–Kier alpha value is -3.23. The molecule has 0 heterocycles. The van der Waals surface area contributed by atoms with Crippen LogP contribution in [-0.2, 0) is 11.2 Å². The van der Waals surface area contributed by atoms with Crippen LogP contribution in [0.3, 0.4) is 0 Å². The first-order valence-corrected chi connectivity index (χ1v) is 8.86. The highest BCUT2D eigenvalue weighted by Crippen LogP contribution is 2.34. The zero-order valence-corrected chi connectivity index (χ0v) is 16.8. The molecule has 144 valence electrons. The van der Waals surface area contributed by atoms with Gasteiger partial charge in [-0.3, -0.25) is 4.79 Å². The molecule has 0 aliphatic heterocycles. The third-order valence-electron chi connectivity index (χ3n) is 4.05. The van der Waals surface area contributed by atoms with Gasteiger partial charge in [-0.1, -0.05) is 23.7 Å². The van der Waals surface area contributed by atoms with E-state index in [1.54, 1.807) is 37.5 Å². The summed E-state index contributed by atoms with van der Waals surface area (Å²) in [4.78, 5) is 12.5. The molecule has 0 spiro atoms. The topological polar surface area (TPSA) is 71.4 Å². The van der Waals surface area contributed by atoms with Crippen LogP contribution in [0, 0.1) is 18.3 Å². The molecule has 28 heavy (non-hydrogen) atoms. The highest BCUT2D eigenvalue weighted by atomic mass is 35.5. The number of anilines is 1. The van der Waals surface area contributed by atoms with Crippen molar-refractivity contribution in [2.75, 3.05) is 19.5 Å². The maximum atomic E-state index is 12.5. The van der Waals surface area contributed by atoms with Crippen LogP contribution in [0.2, 0.25) is 5.02 Å². The van der Waals surface area contributed by atoms with Crippen molar-refractivity contribution in [3.8, 4) is 17.6 Å². The van der Waals surface area contributed by atoms with Gasteiger partial charge in [0.05, 0.1) is 14.2 Å². The van der Waals surface area contributed by atoms with Crippen molar-refractivity contribution in [3.63, 3.8) is 0 Å². The number of allylic oxidation sites excluding steroid dienone is 1. The number of hydrogen-bond donors (Lipinski definition) is 1. The van der Waals surface area contributed by atoms with E-state index in [-0.39, 0.29) is 5.57 Å². The van der Waals surface area contributed by atoms with Crippen LogP contribution >= 0.6 is 11.6 Å². The monoisotopic (exact) mass is 396 g/mol. The lowest BCUT2D eigenvalue weighted by Gasteiger charge is -2.13. The lowest BCUT2D eigenvalue weighted by Crippen LogP contribution is -2.13. The first-order chi connectivity index (χ1) is 13.4. The third-order valence-corrected chi connectivity index (χ3v) is 4.46. The molecule has 1 N–H and O–H groups in total. The van der Waals surface area contributed by atoms with E-state index >= 15 is 0 Å².